The second-order valence-electron chi connectivity index (χ2n) is 6.19. The number of guanidine groups is 1. The van der Waals surface area contributed by atoms with Gasteiger partial charge in [0.25, 0.3) is 0 Å². The first-order chi connectivity index (χ1) is 13.2. The van der Waals surface area contributed by atoms with E-state index in [1.165, 1.54) is 6.20 Å². The molecule has 1 saturated heterocycles. The van der Waals surface area contributed by atoms with Gasteiger partial charge in [-0.15, -0.1) is 0 Å². The third-order valence-corrected chi connectivity index (χ3v) is 4.27. The average molecular weight is 399 g/mol. The van der Waals surface area contributed by atoms with E-state index in [-0.39, 0.29) is 30.1 Å². The van der Waals surface area contributed by atoms with Gasteiger partial charge in [0.2, 0.25) is 11.9 Å². The van der Waals surface area contributed by atoms with Crippen molar-refractivity contribution in [3.8, 4) is 11.8 Å². The molecular weight excluding hydrogens is 383 g/mol. The zero-order chi connectivity index (χ0) is 20.5. The summed E-state index contributed by atoms with van der Waals surface area (Å²) in [6.45, 7) is -0.718. The number of fused-ring (bicyclic) bond motifs is 1. The number of amidine groups is 1. The van der Waals surface area contributed by atoms with Crippen LogP contribution in [0, 0.1) is 23.2 Å². The Morgan fingerprint density at radius 3 is 2.89 bits per heavy atom. The molecule has 0 aromatic rings. The molecule has 4 N–H and O–H groups in total. The lowest BCUT2D eigenvalue weighted by molar-refractivity contribution is -0.173. The zero-order valence-corrected chi connectivity index (χ0v) is 14.3. The van der Waals surface area contributed by atoms with Gasteiger partial charge in [0, 0.05) is 11.8 Å². The Labute approximate surface area is 157 Å². The Morgan fingerprint density at radius 1 is 1.50 bits per heavy atom. The van der Waals surface area contributed by atoms with Crippen LogP contribution in [0.5, 0.6) is 0 Å². The van der Waals surface area contributed by atoms with E-state index in [0.717, 1.165) is 0 Å². The molecule has 3 aliphatic heterocycles. The Bertz CT molecular complexity index is 826. The molecule has 0 aliphatic carbocycles. The van der Waals surface area contributed by atoms with E-state index in [1.54, 1.807) is 10.2 Å². The summed E-state index contributed by atoms with van der Waals surface area (Å²) < 4.78 is 42.2. The van der Waals surface area contributed by atoms with Crippen LogP contribution in [0.4, 0.5) is 13.2 Å². The molecule has 1 unspecified atom stereocenters. The number of aliphatic imine (C=N–C) groups is 1. The third-order valence-electron chi connectivity index (χ3n) is 4.27. The maximum absolute atomic E-state index is 12.3. The number of nitrogens with one attached hydrogen (secondary N) is 3. The quantitative estimate of drug-likeness (QED) is 0.474. The normalized spacial score (nSPS) is 26.7. The maximum atomic E-state index is 12.3. The number of hydrogen-bond acceptors (Lipinski definition) is 6. The van der Waals surface area contributed by atoms with E-state index in [2.05, 4.69) is 22.2 Å². The minimum atomic E-state index is -5.00. The molecule has 28 heavy (non-hydrogen) atoms. The van der Waals surface area contributed by atoms with Crippen molar-refractivity contribution in [2.45, 2.75) is 31.3 Å². The third kappa shape index (κ3) is 4.00. The van der Waals surface area contributed by atoms with Crippen molar-refractivity contribution in [3.05, 3.63) is 11.8 Å². The molecular formula is C16H16F3N5O4. The summed E-state index contributed by atoms with van der Waals surface area (Å²) in [5.74, 6) is 1.25. The van der Waals surface area contributed by atoms with Crippen LogP contribution in [-0.2, 0) is 14.3 Å². The van der Waals surface area contributed by atoms with E-state index in [1.807, 2.05) is 0 Å². The van der Waals surface area contributed by atoms with E-state index in [9.17, 15) is 27.9 Å². The summed E-state index contributed by atoms with van der Waals surface area (Å²) >= 11 is 0. The molecule has 2 amide bonds. The van der Waals surface area contributed by atoms with Crippen LogP contribution >= 0.6 is 0 Å². The lowest BCUT2D eigenvalue weighted by atomic mass is 9.99. The van der Waals surface area contributed by atoms with Crippen molar-refractivity contribution in [1.29, 1.82) is 5.41 Å². The molecule has 150 valence electrons. The summed E-state index contributed by atoms with van der Waals surface area (Å²) in [5.41, 5.74) is 0.251. The van der Waals surface area contributed by atoms with Crippen molar-refractivity contribution >= 4 is 23.6 Å². The Kier molecular flexibility index (Phi) is 5.39. The lowest BCUT2D eigenvalue weighted by Crippen LogP contribution is -2.48. The molecule has 3 heterocycles. The fraction of sp³-hybridized carbons (Fsp3) is 0.500. The van der Waals surface area contributed by atoms with Gasteiger partial charge in [-0.25, -0.2) is 0 Å². The highest BCUT2D eigenvalue weighted by atomic mass is 19.4. The number of hydrogen-bond donors (Lipinski definition) is 4. The van der Waals surface area contributed by atoms with Gasteiger partial charge in [0.15, 0.2) is 0 Å². The van der Waals surface area contributed by atoms with Gasteiger partial charge in [-0.05, 0) is 12.8 Å². The van der Waals surface area contributed by atoms with Crippen molar-refractivity contribution in [2.75, 3.05) is 13.2 Å². The number of aliphatic hydroxyl groups excluding tert-OH is 1. The number of carbonyl (C=O) groups excluding carboxylic acids is 2. The first kappa shape index (κ1) is 19.8. The van der Waals surface area contributed by atoms with Gasteiger partial charge >= 0.3 is 12.1 Å². The molecule has 0 saturated carbocycles. The van der Waals surface area contributed by atoms with Crippen molar-refractivity contribution in [2.24, 2.45) is 10.9 Å². The molecule has 1 fully saturated rings. The first-order valence-electron chi connectivity index (χ1n) is 8.29. The number of aliphatic hydroxyl groups is 1. The monoisotopic (exact) mass is 399 g/mol. The Balaban J connectivity index is 1.78. The Hall–Kier alpha value is -2.91. The highest BCUT2D eigenvalue weighted by molar-refractivity contribution is 6.19. The standard InChI is InChI=1S/C16H16F3N5O4/c17-16(18,19)14(27)21-5-1-2-8-6-24(10-4-3-9(7-25)28-10)12-11(8)13(26)23-15(20)22-12/h6,9-11,25H,3-5,7H2,(H,21,27)(H2,20,23,26)/t9-,10+,11?/m0/s1. The highest BCUT2D eigenvalue weighted by Crippen LogP contribution is 2.33. The number of nitrogens with zero attached hydrogens (tertiary/aromatic N) is 2. The summed E-state index contributed by atoms with van der Waals surface area (Å²) in [5, 5.41) is 20.7. The lowest BCUT2D eigenvalue weighted by Gasteiger charge is -2.28. The number of rotatable bonds is 3. The summed E-state index contributed by atoms with van der Waals surface area (Å²) in [6.07, 6.45) is -3.24. The van der Waals surface area contributed by atoms with E-state index in [0.29, 0.717) is 12.8 Å². The van der Waals surface area contributed by atoms with Gasteiger partial charge in [0.1, 0.15) is 18.0 Å². The number of carbonyl (C=O) groups is 2. The predicted molar refractivity (Wildman–Crippen MR) is 88.5 cm³/mol. The highest BCUT2D eigenvalue weighted by Gasteiger charge is 2.44. The van der Waals surface area contributed by atoms with Gasteiger partial charge in [-0.3, -0.25) is 20.3 Å². The smallest absolute Gasteiger partial charge is 0.394 e. The van der Waals surface area contributed by atoms with Crippen LogP contribution in [0.1, 0.15) is 12.8 Å². The van der Waals surface area contributed by atoms with Crippen molar-refractivity contribution in [1.82, 2.24) is 15.5 Å². The van der Waals surface area contributed by atoms with Crippen LogP contribution in [0.15, 0.2) is 16.8 Å². The molecule has 3 aliphatic rings. The summed E-state index contributed by atoms with van der Waals surface area (Å²) in [6, 6.07) is 0. The second kappa shape index (κ2) is 7.61. The predicted octanol–water partition coefficient (Wildman–Crippen LogP) is -0.556. The van der Waals surface area contributed by atoms with E-state index in [4.69, 9.17) is 10.1 Å². The van der Waals surface area contributed by atoms with Crippen molar-refractivity contribution < 1.29 is 32.6 Å². The van der Waals surface area contributed by atoms with Crippen LogP contribution in [0.3, 0.4) is 0 Å². The van der Waals surface area contributed by atoms with E-state index < -0.39 is 36.7 Å². The number of ether oxygens (including phenoxy) is 1. The first-order valence-corrected chi connectivity index (χ1v) is 8.29. The minimum absolute atomic E-state index is 0.161. The van der Waals surface area contributed by atoms with Gasteiger partial charge in [-0.2, -0.15) is 18.2 Å². The van der Waals surface area contributed by atoms with Gasteiger partial charge in [-0.1, -0.05) is 11.8 Å². The summed E-state index contributed by atoms with van der Waals surface area (Å²) in [4.78, 5) is 28.6. The summed E-state index contributed by atoms with van der Waals surface area (Å²) in [7, 11) is 0. The van der Waals surface area contributed by atoms with Crippen LogP contribution in [-0.4, -0.2) is 65.3 Å². The van der Waals surface area contributed by atoms with Crippen LogP contribution < -0.4 is 10.6 Å². The SMILES string of the molecule is N=C1N=C2C(C(=O)N1)C(C#CCNC(=O)C(F)(F)F)=CN2[C@H]1CC[C@@H](CO)O1. The fourth-order valence-corrected chi connectivity index (χ4v) is 3.02. The topological polar surface area (TPSA) is 127 Å². The molecule has 9 nitrogen and oxygen atoms in total. The molecule has 3 rings (SSSR count). The Morgan fingerprint density at radius 2 is 2.25 bits per heavy atom. The average Bonchev–Trinajstić information content (AvgIpc) is 3.22. The van der Waals surface area contributed by atoms with Crippen LogP contribution in [0.2, 0.25) is 0 Å². The number of halogens is 3. The van der Waals surface area contributed by atoms with Gasteiger partial charge < -0.3 is 20.1 Å². The molecule has 0 bridgehead atoms. The molecule has 0 aromatic carbocycles. The minimum Gasteiger partial charge on any atom is -0.394 e. The van der Waals surface area contributed by atoms with Crippen molar-refractivity contribution in [3.63, 3.8) is 0 Å². The number of alkyl halides is 3. The largest absolute Gasteiger partial charge is 0.471 e. The molecule has 0 spiro atoms. The number of amides is 2. The zero-order valence-electron chi connectivity index (χ0n) is 14.3. The van der Waals surface area contributed by atoms with Gasteiger partial charge in [0.05, 0.1) is 19.3 Å². The van der Waals surface area contributed by atoms with E-state index >= 15 is 0 Å². The maximum Gasteiger partial charge on any atom is 0.471 e. The molecule has 0 aromatic heterocycles. The fourth-order valence-electron chi connectivity index (χ4n) is 3.02. The second-order valence-corrected chi connectivity index (χ2v) is 6.19. The molecule has 3 atom stereocenters. The molecule has 0 radical (unpaired) electrons. The van der Waals surface area contributed by atoms with Crippen LogP contribution in [0.25, 0.3) is 0 Å². The molecule has 12 heteroatoms.